The van der Waals surface area contributed by atoms with Crippen molar-refractivity contribution in [1.29, 1.82) is 0 Å². The highest BCUT2D eigenvalue weighted by Crippen LogP contribution is 2.31. The number of amides is 1. The highest BCUT2D eigenvalue weighted by atomic mass is 32.2. The number of fused-ring (bicyclic) bond motifs is 1. The highest BCUT2D eigenvalue weighted by molar-refractivity contribution is 7.84. The first-order valence-corrected chi connectivity index (χ1v) is 11.5. The zero-order valence-electron chi connectivity index (χ0n) is 19.3. The number of ether oxygens (including phenoxy) is 4. The standard InChI is InChI=1S/C21H22F2N4O8S/c1-26(8-9-34-21(29)30)20(28)27-15-5-4-12(35-18(22)23)10-13(15)25-19(27)36(31)11-14-17(33-3)16(32-2)6-7-24-14/h4-7,10,18H,8-9,11H2,1-3H3,(H,29,30). The van der Waals surface area contributed by atoms with Gasteiger partial charge in [0.25, 0.3) is 0 Å². The van der Waals surface area contributed by atoms with Crippen molar-refractivity contribution in [2.24, 2.45) is 0 Å². The number of aromatic nitrogens is 3. The number of hydrogen-bond donors (Lipinski definition) is 1. The maximum Gasteiger partial charge on any atom is 0.505 e. The molecule has 194 valence electrons. The van der Waals surface area contributed by atoms with E-state index in [1.165, 1.54) is 45.7 Å². The van der Waals surface area contributed by atoms with E-state index in [0.717, 1.165) is 9.47 Å². The molecule has 1 N–H and O–H groups in total. The summed E-state index contributed by atoms with van der Waals surface area (Å²) in [6.07, 6.45) is -0.0661. The molecule has 0 spiro atoms. The van der Waals surface area contributed by atoms with Gasteiger partial charge in [-0.3, -0.25) is 9.19 Å². The first kappa shape index (κ1) is 26.6. The predicted octanol–water partition coefficient (Wildman–Crippen LogP) is 2.95. The molecule has 0 bridgehead atoms. The van der Waals surface area contributed by atoms with Crippen LogP contribution in [0.5, 0.6) is 17.2 Å². The average molecular weight is 528 g/mol. The fourth-order valence-electron chi connectivity index (χ4n) is 3.23. The lowest BCUT2D eigenvalue weighted by Gasteiger charge is -2.18. The Morgan fingerprint density at radius 2 is 1.97 bits per heavy atom. The van der Waals surface area contributed by atoms with Crippen LogP contribution >= 0.6 is 0 Å². The van der Waals surface area contributed by atoms with E-state index >= 15 is 0 Å². The largest absolute Gasteiger partial charge is 0.505 e. The zero-order valence-corrected chi connectivity index (χ0v) is 20.2. The molecule has 0 saturated heterocycles. The van der Waals surface area contributed by atoms with Crippen LogP contribution in [0.15, 0.2) is 35.6 Å². The van der Waals surface area contributed by atoms with Crippen LogP contribution in [0, 0.1) is 0 Å². The third-order valence-corrected chi connectivity index (χ3v) is 6.04. The SMILES string of the molecule is COc1ccnc(CS(=O)c2nc3cc(OC(F)F)ccc3n2C(=O)N(C)CCOC(=O)O)c1OC. The number of pyridine rings is 1. The molecule has 3 rings (SSSR count). The number of carbonyl (C=O) groups is 2. The second kappa shape index (κ2) is 11.6. The summed E-state index contributed by atoms with van der Waals surface area (Å²) in [7, 11) is 2.23. The summed E-state index contributed by atoms with van der Waals surface area (Å²) in [5.41, 5.74) is 0.512. The maximum absolute atomic E-state index is 13.4. The van der Waals surface area contributed by atoms with Crippen LogP contribution in [0.2, 0.25) is 0 Å². The molecule has 0 aliphatic carbocycles. The molecule has 15 heteroatoms. The van der Waals surface area contributed by atoms with E-state index in [0.29, 0.717) is 5.75 Å². The number of imidazole rings is 1. The van der Waals surface area contributed by atoms with Crippen molar-refractivity contribution >= 4 is 34.0 Å². The normalized spacial score (nSPS) is 11.8. The number of halogens is 2. The van der Waals surface area contributed by atoms with Gasteiger partial charge >= 0.3 is 18.8 Å². The van der Waals surface area contributed by atoms with Crippen LogP contribution in [0.1, 0.15) is 5.69 Å². The Balaban J connectivity index is 2.03. The van der Waals surface area contributed by atoms with Gasteiger partial charge in [-0.15, -0.1) is 0 Å². The monoisotopic (exact) mass is 528 g/mol. The molecule has 1 unspecified atom stereocenters. The van der Waals surface area contributed by atoms with Crippen molar-refractivity contribution in [3.63, 3.8) is 0 Å². The van der Waals surface area contributed by atoms with E-state index in [9.17, 15) is 22.6 Å². The fraction of sp³-hybridized carbons (Fsp3) is 0.333. The minimum Gasteiger partial charge on any atom is -0.493 e. The van der Waals surface area contributed by atoms with E-state index in [-0.39, 0.29) is 52.3 Å². The maximum atomic E-state index is 13.4. The first-order chi connectivity index (χ1) is 17.2. The van der Waals surface area contributed by atoms with Crippen LogP contribution in [0.3, 0.4) is 0 Å². The predicted molar refractivity (Wildman–Crippen MR) is 121 cm³/mol. The lowest BCUT2D eigenvalue weighted by molar-refractivity contribution is -0.0497. The lowest BCUT2D eigenvalue weighted by atomic mass is 10.3. The Labute approximate surface area is 205 Å². The van der Waals surface area contributed by atoms with Gasteiger partial charge in [-0.25, -0.2) is 19.1 Å². The summed E-state index contributed by atoms with van der Waals surface area (Å²) < 4.78 is 59.2. The van der Waals surface area contributed by atoms with Crippen molar-refractivity contribution in [2.75, 3.05) is 34.4 Å². The average Bonchev–Trinajstić information content (AvgIpc) is 3.21. The number of benzene rings is 1. The topological polar surface area (TPSA) is 142 Å². The first-order valence-electron chi connectivity index (χ1n) is 10.2. The molecule has 0 saturated carbocycles. The minimum absolute atomic E-state index is 0.0746. The fourth-order valence-corrected chi connectivity index (χ4v) is 4.39. The van der Waals surface area contributed by atoms with Gasteiger partial charge in [0.15, 0.2) is 11.5 Å². The van der Waals surface area contributed by atoms with Gasteiger partial charge < -0.3 is 29.0 Å². The van der Waals surface area contributed by atoms with E-state index < -0.39 is 29.6 Å². The second-order valence-corrected chi connectivity index (χ2v) is 8.41. The van der Waals surface area contributed by atoms with E-state index in [4.69, 9.17) is 14.6 Å². The number of nitrogens with zero attached hydrogens (tertiary/aromatic N) is 4. The molecule has 0 aliphatic rings. The molecule has 1 amide bonds. The lowest BCUT2D eigenvalue weighted by Crippen LogP contribution is -2.35. The summed E-state index contributed by atoms with van der Waals surface area (Å²) in [6, 6.07) is 4.58. The zero-order chi connectivity index (χ0) is 26.4. The number of hydrogen-bond acceptors (Lipinski definition) is 9. The molecule has 0 aliphatic heterocycles. The highest BCUT2D eigenvalue weighted by Gasteiger charge is 2.26. The smallest absolute Gasteiger partial charge is 0.493 e. The molecule has 0 fully saturated rings. The number of likely N-dealkylation sites (N-methyl/N-ethyl adjacent to an activating group) is 1. The number of carboxylic acid groups (broad SMARTS) is 1. The third kappa shape index (κ3) is 5.97. The Hall–Kier alpha value is -4.01. The summed E-state index contributed by atoms with van der Waals surface area (Å²) in [6.45, 7) is -3.50. The van der Waals surface area contributed by atoms with Crippen LogP contribution in [-0.2, 0) is 21.3 Å². The van der Waals surface area contributed by atoms with Gasteiger partial charge in [-0.05, 0) is 12.1 Å². The van der Waals surface area contributed by atoms with Gasteiger partial charge in [-0.2, -0.15) is 8.78 Å². The van der Waals surface area contributed by atoms with E-state index in [1.807, 2.05) is 0 Å². The van der Waals surface area contributed by atoms with Crippen molar-refractivity contribution in [2.45, 2.75) is 17.5 Å². The van der Waals surface area contributed by atoms with Crippen molar-refractivity contribution in [3.8, 4) is 17.2 Å². The second-order valence-electron chi connectivity index (χ2n) is 7.06. The molecule has 1 aromatic carbocycles. The molecule has 0 radical (unpaired) electrons. The van der Waals surface area contributed by atoms with Crippen LogP contribution in [0.4, 0.5) is 18.4 Å². The molecule has 2 aromatic heterocycles. The van der Waals surface area contributed by atoms with Crippen LogP contribution in [-0.4, -0.2) is 82.0 Å². The molecule has 12 nitrogen and oxygen atoms in total. The quantitative estimate of drug-likeness (QED) is 0.390. The molecule has 36 heavy (non-hydrogen) atoms. The number of carbonyl (C=O) groups excluding carboxylic acids is 1. The number of rotatable bonds is 10. The summed E-state index contributed by atoms with van der Waals surface area (Å²) in [4.78, 5) is 33.4. The van der Waals surface area contributed by atoms with Gasteiger partial charge in [-0.1, -0.05) is 0 Å². The summed E-state index contributed by atoms with van der Waals surface area (Å²) in [5.74, 6) is 0.184. The van der Waals surface area contributed by atoms with Gasteiger partial charge in [0.05, 0.1) is 54.0 Å². The molecular weight excluding hydrogens is 506 g/mol. The Kier molecular flexibility index (Phi) is 8.58. The third-order valence-electron chi connectivity index (χ3n) is 4.83. The summed E-state index contributed by atoms with van der Waals surface area (Å²) >= 11 is 0. The molecule has 2 heterocycles. The Morgan fingerprint density at radius 3 is 2.61 bits per heavy atom. The van der Waals surface area contributed by atoms with Crippen LogP contribution in [0.25, 0.3) is 11.0 Å². The van der Waals surface area contributed by atoms with Crippen LogP contribution < -0.4 is 14.2 Å². The van der Waals surface area contributed by atoms with E-state index in [2.05, 4.69) is 19.4 Å². The van der Waals surface area contributed by atoms with Crippen molar-refractivity contribution < 1.29 is 46.6 Å². The van der Waals surface area contributed by atoms with Gasteiger partial charge in [0.1, 0.15) is 12.4 Å². The van der Waals surface area contributed by atoms with Crippen molar-refractivity contribution in [1.82, 2.24) is 19.4 Å². The molecule has 1 atom stereocenters. The molecule has 3 aromatic rings. The van der Waals surface area contributed by atoms with Gasteiger partial charge in [0, 0.05) is 25.4 Å². The molecular formula is C21H22F2N4O8S. The Bertz CT molecular complexity index is 1290. The Morgan fingerprint density at radius 1 is 1.22 bits per heavy atom. The number of alkyl halides is 2. The van der Waals surface area contributed by atoms with Crippen molar-refractivity contribution in [3.05, 3.63) is 36.2 Å². The van der Waals surface area contributed by atoms with E-state index in [1.54, 1.807) is 6.07 Å². The summed E-state index contributed by atoms with van der Waals surface area (Å²) in [5, 5.41) is 8.45. The van der Waals surface area contributed by atoms with Gasteiger partial charge in [0.2, 0.25) is 5.16 Å². The minimum atomic E-state index is -3.08. The number of methoxy groups -OCH3 is 2.